The van der Waals surface area contributed by atoms with E-state index in [0.29, 0.717) is 11.5 Å². The van der Waals surface area contributed by atoms with Crippen molar-refractivity contribution < 1.29 is 28.0 Å². The van der Waals surface area contributed by atoms with Crippen LogP contribution in [-0.4, -0.2) is 19.1 Å². The van der Waals surface area contributed by atoms with E-state index in [4.69, 9.17) is 18.5 Å². The number of phosphoric acid groups is 1. The normalized spacial score (nSPS) is 20.9. The van der Waals surface area contributed by atoms with Crippen LogP contribution >= 0.6 is 7.82 Å². The second-order valence-electron chi connectivity index (χ2n) is 17.9. The third-order valence-corrected chi connectivity index (χ3v) is 12.1. The van der Waals surface area contributed by atoms with E-state index in [2.05, 4.69) is 111 Å². The Hall–Kier alpha value is -3.73. The molecule has 0 radical (unpaired) electrons. The third kappa shape index (κ3) is 5.69. The largest absolute Gasteiger partial charge is 0.584 e. The summed E-state index contributed by atoms with van der Waals surface area (Å²) in [5, 5.41) is 0. The molecule has 0 fully saturated rings. The Bertz CT molecular complexity index is 2100. The van der Waals surface area contributed by atoms with Crippen LogP contribution in [0.5, 0.6) is 23.0 Å². The molecule has 51 heavy (non-hydrogen) atoms. The second-order valence-corrected chi connectivity index (χ2v) is 19.2. The second kappa shape index (κ2) is 11.6. The van der Waals surface area contributed by atoms with Gasteiger partial charge in [-0.2, -0.15) is 0 Å². The van der Waals surface area contributed by atoms with Crippen molar-refractivity contribution in [1.82, 2.24) is 0 Å². The fourth-order valence-electron chi connectivity index (χ4n) is 8.93. The Balaban J connectivity index is 1.52. The molecule has 1 heterocycles. The molecule has 4 aromatic rings. The number of ether oxygens (including phenoxy) is 2. The third-order valence-electron chi connectivity index (χ3n) is 11.3. The van der Waals surface area contributed by atoms with Crippen LogP contribution < -0.4 is 18.5 Å². The van der Waals surface area contributed by atoms with E-state index < -0.39 is 13.2 Å². The number of methoxy groups -OCH3 is 2. The summed E-state index contributed by atoms with van der Waals surface area (Å²) in [6.07, 6.45) is 3.46. The van der Waals surface area contributed by atoms with Crippen molar-refractivity contribution in [1.29, 1.82) is 0 Å². The van der Waals surface area contributed by atoms with Crippen molar-refractivity contribution in [2.24, 2.45) is 0 Å². The molecule has 4 aromatic carbocycles. The monoisotopic (exact) mass is 708 g/mol. The highest BCUT2D eigenvalue weighted by Crippen LogP contribution is 2.65. The van der Waals surface area contributed by atoms with Crippen LogP contribution in [0.2, 0.25) is 0 Å². The zero-order valence-electron chi connectivity index (χ0n) is 32.4. The molecule has 0 amide bonds. The Labute approximate surface area is 304 Å². The van der Waals surface area contributed by atoms with Crippen LogP contribution in [0.1, 0.15) is 120 Å². The molecule has 7 rings (SSSR count). The van der Waals surface area contributed by atoms with Crippen LogP contribution in [0.15, 0.2) is 48.5 Å². The molecule has 0 saturated carbocycles. The van der Waals surface area contributed by atoms with Crippen LogP contribution in [-0.2, 0) is 39.1 Å². The van der Waals surface area contributed by atoms with Gasteiger partial charge < -0.3 is 18.5 Å². The lowest BCUT2D eigenvalue weighted by Crippen LogP contribution is -2.25. The molecule has 0 saturated heterocycles. The average Bonchev–Trinajstić information content (AvgIpc) is 3.59. The first-order chi connectivity index (χ1) is 23.7. The fraction of sp³-hybridized carbons (Fsp3) is 0.455. The van der Waals surface area contributed by atoms with Gasteiger partial charge in [0.15, 0.2) is 0 Å². The number of phosphoric ester groups is 1. The van der Waals surface area contributed by atoms with E-state index in [9.17, 15) is 9.46 Å². The summed E-state index contributed by atoms with van der Waals surface area (Å²) in [7, 11) is -1.24. The summed E-state index contributed by atoms with van der Waals surface area (Å²) in [4.78, 5) is 11.8. The summed E-state index contributed by atoms with van der Waals surface area (Å²) in [5.41, 5.74) is 11.0. The quantitative estimate of drug-likeness (QED) is 0.213. The van der Waals surface area contributed by atoms with Gasteiger partial charge >= 0.3 is 7.82 Å². The molecule has 270 valence electrons. The molecule has 2 atom stereocenters. The smallest absolute Gasteiger partial charge is 0.496 e. The van der Waals surface area contributed by atoms with Crippen molar-refractivity contribution in [3.05, 3.63) is 93.0 Å². The molecule has 0 bridgehead atoms. The lowest BCUT2D eigenvalue weighted by atomic mass is 9.73. The Morgan fingerprint density at radius 2 is 1.04 bits per heavy atom. The van der Waals surface area contributed by atoms with E-state index in [1.54, 1.807) is 14.2 Å². The molecular formula is C44H53O6P. The van der Waals surface area contributed by atoms with Gasteiger partial charge in [0.1, 0.15) is 23.0 Å². The average molecular weight is 709 g/mol. The Kier molecular flexibility index (Phi) is 8.14. The zero-order chi connectivity index (χ0) is 37.1. The molecule has 6 nitrogen and oxygen atoms in total. The predicted molar refractivity (Wildman–Crippen MR) is 206 cm³/mol. The first-order valence-corrected chi connectivity index (χ1v) is 19.7. The first-order valence-electron chi connectivity index (χ1n) is 18.2. The van der Waals surface area contributed by atoms with E-state index in [1.165, 1.54) is 0 Å². The van der Waals surface area contributed by atoms with Gasteiger partial charge in [-0.3, -0.25) is 4.89 Å². The number of benzene rings is 4. The molecule has 2 unspecified atom stereocenters. The van der Waals surface area contributed by atoms with Gasteiger partial charge in [0.05, 0.1) is 14.2 Å². The van der Waals surface area contributed by atoms with Crippen molar-refractivity contribution >= 4 is 7.82 Å². The molecule has 1 spiro atoms. The summed E-state index contributed by atoms with van der Waals surface area (Å²) >= 11 is 0. The van der Waals surface area contributed by atoms with Crippen LogP contribution in [0, 0.1) is 6.92 Å². The van der Waals surface area contributed by atoms with E-state index >= 15 is 0 Å². The molecule has 0 aromatic heterocycles. The first kappa shape index (κ1) is 35.7. The van der Waals surface area contributed by atoms with Gasteiger partial charge in [0, 0.05) is 44.4 Å². The van der Waals surface area contributed by atoms with Gasteiger partial charge in [-0.15, -0.1) is 0 Å². The van der Waals surface area contributed by atoms with Crippen molar-refractivity contribution in [2.75, 3.05) is 14.2 Å². The molecule has 1 N–H and O–H groups in total. The maximum atomic E-state index is 14.4. The minimum absolute atomic E-state index is 0.192. The van der Waals surface area contributed by atoms with Crippen molar-refractivity contribution in [3.63, 3.8) is 0 Å². The van der Waals surface area contributed by atoms with Crippen molar-refractivity contribution in [3.8, 4) is 45.3 Å². The standard InChI is InChI=1S/C44H53O6P/c1-25-21-28(22-32(37(25)47-11)41(2,3)4)30-15-13-26-17-19-44-20-18-27-14-16-31(39(36(27)44)50-51(45,46)49-38(30)35(26)44)29-23-33(42(5,6)7)40(48-12)34(24-29)43(8,9)10/h13-16,21-24H,17-20H2,1-12H3,(H,45,46). The number of hydrogen-bond acceptors (Lipinski definition) is 5. The summed E-state index contributed by atoms with van der Waals surface area (Å²) in [6.45, 7) is 21.7. The van der Waals surface area contributed by atoms with E-state index in [1.807, 2.05) is 6.92 Å². The van der Waals surface area contributed by atoms with Gasteiger partial charge in [-0.25, -0.2) is 4.57 Å². The van der Waals surface area contributed by atoms with Gasteiger partial charge in [-0.05, 0) is 101 Å². The molecule has 3 aliphatic rings. The summed E-state index contributed by atoms with van der Waals surface area (Å²) in [6, 6.07) is 17.1. The van der Waals surface area contributed by atoms with Gasteiger partial charge in [0.25, 0.3) is 0 Å². The Morgan fingerprint density at radius 3 is 1.43 bits per heavy atom. The number of aryl methyl sites for hydroxylation is 3. The van der Waals surface area contributed by atoms with Gasteiger partial charge in [0.2, 0.25) is 0 Å². The maximum Gasteiger partial charge on any atom is 0.584 e. The van der Waals surface area contributed by atoms with Crippen LogP contribution in [0.4, 0.5) is 0 Å². The van der Waals surface area contributed by atoms with E-state index in [-0.39, 0.29) is 16.2 Å². The maximum absolute atomic E-state index is 14.4. The highest BCUT2D eigenvalue weighted by atomic mass is 31.2. The van der Waals surface area contributed by atoms with Crippen LogP contribution in [0.25, 0.3) is 22.3 Å². The highest BCUT2D eigenvalue weighted by Gasteiger charge is 2.52. The zero-order valence-corrected chi connectivity index (χ0v) is 33.3. The lowest BCUT2D eigenvalue weighted by molar-refractivity contribution is 0.281. The van der Waals surface area contributed by atoms with Crippen molar-refractivity contribution in [2.45, 2.75) is 117 Å². The SMILES string of the molecule is COc1c(C)cc(-c2ccc3c4c2OP(=O)(O)Oc2c(-c5cc(C(C)(C)C)c(OC)c(C(C)(C)C)c5)ccc5c2C4(CC3)CC5)cc1C(C)(C)C. The van der Waals surface area contributed by atoms with Gasteiger partial charge in [-0.1, -0.05) is 86.6 Å². The number of rotatable bonds is 4. The molecule has 7 heteroatoms. The van der Waals surface area contributed by atoms with Crippen LogP contribution in [0.3, 0.4) is 0 Å². The summed E-state index contributed by atoms with van der Waals surface area (Å²) < 4.78 is 39.1. The molecular weight excluding hydrogens is 655 g/mol. The fourth-order valence-corrected chi connectivity index (χ4v) is 9.81. The minimum Gasteiger partial charge on any atom is -0.496 e. The topological polar surface area (TPSA) is 74.2 Å². The summed E-state index contributed by atoms with van der Waals surface area (Å²) in [5.74, 6) is 2.65. The highest BCUT2D eigenvalue weighted by molar-refractivity contribution is 7.48. The lowest BCUT2D eigenvalue weighted by Gasteiger charge is -2.35. The number of hydrogen-bond donors (Lipinski definition) is 1. The van der Waals surface area contributed by atoms with E-state index in [0.717, 1.165) is 104 Å². The Morgan fingerprint density at radius 1 is 0.647 bits per heavy atom. The molecule has 2 aliphatic carbocycles. The predicted octanol–water partition coefficient (Wildman–Crippen LogP) is 11.3. The molecule has 1 aliphatic heterocycles. The minimum atomic E-state index is -4.68.